The zero-order valence-electron chi connectivity index (χ0n) is 18.6. The number of hydrogen-bond donors (Lipinski definition) is 2. The molecule has 1 atom stereocenters. The quantitative estimate of drug-likeness (QED) is 0.537. The molecule has 4 rings (SSSR count). The topological polar surface area (TPSA) is 104 Å². The number of hydrogen-bond acceptors (Lipinski definition) is 6. The number of likely N-dealkylation sites (tertiary alicyclic amines) is 1. The van der Waals surface area contributed by atoms with Crippen LogP contribution in [-0.4, -0.2) is 45.9 Å². The molecule has 2 N–H and O–H groups in total. The molecule has 1 fully saturated rings. The van der Waals surface area contributed by atoms with Crippen molar-refractivity contribution in [3.8, 4) is 0 Å². The zero-order chi connectivity index (χ0) is 24.1. The van der Waals surface area contributed by atoms with Crippen molar-refractivity contribution < 1.29 is 14.4 Å². The number of nitrogens with one attached hydrogen (secondary N) is 2. The highest BCUT2D eigenvalue weighted by Gasteiger charge is 2.30. The molecule has 10 heteroatoms. The predicted molar refractivity (Wildman–Crippen MR) is 131 cm³/mol. The molecule has 34 heavy (non-hydrogen) atoms. The summed E-state index contributed by atoms with van der Waals surface area (Å²) in [6, 6.07) is 14.7. The molecule has 2 aromatic carbocycles. The number of amides is 3. The van der Waals surface area contributed by atoms with E-state index in [0.29, 0.717) is 43.2 Å². The first-order valence-corrected chi connectivity index (χ1v) is 12.1. The van der Waals surface area contributed by atoms with Gasteiger partial charge in [0.15, 0.2) is 0 Å². The molecule has 0 bridgehead atoms. The summed E-state index contributed by atoms with van der Waals surface area (Å²) in [6.07, 6.45) is 1.42. The normalized spacial score (nSPS) is 15.6. The van der Waals surface area contributed by atoms with Crippen LogP contribution in [0.3, 0.4) is 0 Å². The summed E-state index contributed by atoms with van der Waals surface area (Å²) in [4.78, 5) is 39.7. The summed E-state index contributed by atoms with van der Waals surface area (Å²) in [5.74, 6) is -1.13. The van der Waals surface area contributed by atoms with E-state index in [1.807, 2.05) is 31.2 Å². The summed E-state index contributed by atoms with van der Waals surface area (Å²) in [5, 5.41) is 14.4. The molecule has 0 aliphatic carbocycles. The maximum atomic E-state index is 13.0. The number of nitrogens with zero attached hydrogens (tertiary/aromatic N) is 3. The Kier molecular flexibility index (Phi) is 7.54. The van der Waals surface area contributed by atoms with Gasteiger partial charge >= 0.3 is 0 Å². The fraction of sp³-hybridized carbons (Fsp3) is 0.292. The lowest BCUT2D eigenvalue weighted by atomic mass is 9.97. The van der Waals surface area contributed by atoms with Gasteiger partial charge in [0.1, 0.15) is 0 Å². The molecule has 1 aliphatic heterocycles. The first-order chi connectivity index (χ1) is 16.4. The van der Waals surface area contributed by atoms with Gasteiger partial charge in [0.2, 0.25) is 15.9 Å². The second-order valence-electron chi connectivity index (χ2n) is 8.17. The number of rotatable bonds is 6. The average molecular weight is 498 g/mol. The minimum atomic E-state index is -0.418. The smallest absolute Gasteiger partial charge is 0.286 e. The Hall–Kier alpha value is -3.30. The van der Waals surface area contributed by atoms with E-state index in [2.05, 4.69) is 20.8 Å². The number of carbonyl (C=O) groups is 3. The summed E-state index contributed by atoms with van der Waals surface area (Å²) in [5.41, 5.74) is 2.68. The van der Waals surface area contributed by atoms with Crippen molar-refractivity contribution >= 4 is 46.3 Å². The third kappa shape index (κ3) is 5.98. The third-order valence-electron chi connectivity index (χ3n) is 5.57. The molecule has 1 aliphatic rings. The second kappa shape index (κ2) is 10.8. The third-order valence-corrected chi connectivity index (χ3v) is 6.73. The Morgan fingerprint density at radius 1 is 1.06 bits per heavy atom. The summed E-state index contributed by atoms with van der Waals surface area (Å²) < 4.78 is 0. The van der Waals surface area contributed by atoms with E-state index < -0.39 is 5.91 Å². The summed E-state index contributed by atoms with van der Waals surface area (Å²) >= 11 is 6.84. The van der Waals surface area contributed by atoms with Crippen LogP contribution in [0.25, 0.3) is 0 Å². The number of benzene rings is 2. The molecular formula is C24H24ClN5O3S. The molecule has 0 radical (unpaired) electrons. The Labute approximate surface area is 206 Å². The highest BCUT2D eigenvalue weighted by atomic mass is 35.5. The summed E-state index contributed by atoms with van der Waals surface area (Å²) in [7, 11) is 0. The van der Waals surface area contributed by atoms with E-state index in [1.54, 1.807) is 29.2 Å². The lowest BCUT2D eigenvalue weighted by Gasteiger charge is -2.31. The molecule has 0 spiro atoms. The van der Waals surface area contributed by atoms with Gasteiger partial charge in [-0.15, -0.1) is 10.2 Å². The average Bonchev–Trinajstić information content (AvgIpc) is 3.35. The Bertz CT molecular complexity index is 1180. The molecule has 8 nitrogen and oxygen atoms in total. The van der Waals surface area contributed by atoms with Gasteiger partial charge in [-0.25, -0.2) is 0 Å². The largest absolute Gasteiger partial charge is 0.352 e. The van der Waals surface area contributed by atoms with Gasteiger partial charge < -0.3 is 15.5 Å². The number of aryl methyl sites for hydroxylation is 1. The minimum absolute atomic E-state index is 0.0946. The van der Waals surface area contributed by atoms with E-state index in [-0.39, 0.29) is 27.7 Å². The van der Waals surface area contributed by atoms with Crippen LogP contribution in [0, 0.1) is 12.8 Å². The van der Waals surface area contributed by atoms with Crippen LogP contribution in [0.5, 0.6) is 0 Å². The van der Waals surface area contributed by atoms with E-state index in [1.165, 1.54) is 0 Å². The predicted octanol–water partition coefficient (Wildman–Crippen LogP) is 3.92. The Balaban J connectivity index is 1.33. The molecule has 1 saturated heterocycles. The van der Waals surface area contributed by atoms with E-state index >= 15 is 0 Å². The molecular weight excluding hydrogens is 474 g/mol. The van der Waals surface area contributed by atoms with Gasteiger partial charge in [0.05, 0.1) is 5.92 Å². The molecule has 0 saturated carbocycles. The van der Waals surface area contributed by atoms with Crippen molar-refractivity contribution in [1.82, 2.24) is 20.4 Å². The van der Waals surface area contributed by atoms with Crippen LogP contribution in [0.2, 0.25) is 5.02 Å². The van der Waals surface area contributed by atoms with Crippen LogP contribution in [-0.2, 0) is 11.3 Å². The van der Waals surface area contributed by atoms with Crippen LogP contribution in [0.15, 0.2) is 48.5 Å². The minimum Gasteiger partial charge on any atom is -0.352 e. The SMILES string of the molecule is Cc1ccc(NC(=O)c2nnc(C(=O)N3CCC[C@@H](C(=O)NCc4ccc(Cl)cc4)C3)s2)cc1. The highest BCUT2D eigenvalue weighted by molar-refractivity contribution is 7.15. The molecule has 2 heterocycles. The van der Waals surface area contributed by atoms with Crippen molar-refractivity contribution in [2.75, 3.05) is 18.4 Å². The number of piperidine rings is 1. The lowest BCUT2D eigenvalue weighted by Crippen LogP contribution is -2.45. The van der Waals surface area contributed by atoms with Crippen molar-refractivity contribution in [1.29, 1.82) is 0 Å². The lowest BCUT2D eigenvalue weighted by molar-refractivity contribution is -0.126. The van der Waals surface area contributed by atoms with Crippen LogP contribution in [0.1, 0.15) is 43.6 Å². The summed E-state index contributed by atoms with van der Waals surface area (Å²) in [6.45, 7) is 3.19. The second-order valence-corrected chi connectivity index (χ2v) is 9.58. The van der Waals surface area contributed by atoms with Gasteiger partial charge in [0.25, 0.3) is 11.8 Å². The Morgan fingerprint density at radius 2 is 1.76 bits per heavy atom. The number of carbonyl (C=O) groups excluding carboxylic acids is 3. The van der Waals surface area contributed by atoms with Crippen molar-refractivity contribution in [3.63, 3.8) is 0 Å². The van der Waals surface area contributed by atoms with E-state index in [9.17, 15) is 14.4 Å². The first-order valence-electron chi connectivity index (χ1n) is 10.9. The zero-order valence-corrected chi connectivity index (χ0v) is 20.2. The van der Waals surface area contributed by atoms with Crippen molar-refractivity contribution in [3.05, 3.63) is 74.7 Å². The van der Waals surface area contributed by atoms with E-state index in [4.69, 9.17) is 11.6 Å². The maximum Gasteiger partial charge on any atom is 0.286 e. The molecule has 3 amide bonds. The fourth-order valence-corrected chi connectivity index (χ4v) is 4.50. The first kappa shape index (κ1) is 23.8. The Morgan fingerprint density at radius 3 is 2.50 bits per heavy atom. The highest BCUT2D eigenvalue weighted by Crippen LogP contribution is 2.21. The monoisotopic (exact) mass is 497 g/mol. The maximum absolute atomic E-state index is 13.0. The van der Waals surface area contributed by atoms with Gasteiger partial charge in [-0.05, 0) is 49.6 Å². The fourth-order valence-electron chi connectivity index (χ4n) is 3.67. The molecule has 3 aromatic rings. The van der Waals surface area contributed by atoms with E-state index in [0.717, 1.165) is 22.5 Å². The number of aromatic nitrogens is 2. The molecule has 1 aromatic heterocycles. The van der Waals surface area contributed by atoms with Crippen LogP contribution < -0.4 is 10.6 Å². The van der Waals surface area contributed by atoms with Crippen LogP contribution in [0.4, 0.5) is 5.69 Å². The van der Waals surface area contributed by atoms with Gasteiger partial charge in [-0.1, -0.05) is 52.8 Å². The number of anilines is 1. The van der Waals surface area contributed by atoms with Crippen molar-refractivity contribution in [2.24, 2.45) is 5.92 Å². The molecule has 176 valence electrons. The van der Waals surface area contributed by atoms with Gasteiger partial charge in [0, 0.05) is 30.3 Å². The van der Waals surface area contributed by atoms with Gasteiger partial charge in [-0.2, -0.15) is 0 Å². The number of halogens is 1. The molecule has 0 unspecified atom stereocenters. The van der Waals surface area contributed by atoms with Crippen LogP contribution >= 0.6 is 22.9 Å². The standard InChI is InChI=1S/C24H24ClN5O3S/c1-15-4-10-19(11-5-15)27-21(32)22-28-29-23(34-22)24(33)30-12-2-3-17(14-30)20(31)26-13-16-6-8-18(25)9-7-16/h4-11,17H,2-3,12-14H2,1H3,(H,26,31)(H,27,32)/t17-/m1/s1. The van der Waals surface area contributed by atoms with Gasteiger partial charge in [-0.3, -0.25) is 14.4 Å². The van der Waals surface area contributed by atoms with Crippen molar-refractivity contribution in [2.45, 2.75) is 26.3 Å².